The molecule has 4 heteroatoms. The molecule has 1 unspecified atom stereocenters. The van der Waals surface area contributed by atoms with Crippen LogP contribution in [0.15, 0.2) is 30.3 Å². The van der Waals surface area contributed by atoms with E-state index in [4.69, 9.17) is 0 Å². The van der Waals surface area contributed by atoms with Crippen LogP contribution in [0, 0.1) is 5.41 Å². The smallest absolute Gasteiger partial charge is 0.320 e. The minimum atomic E-state index is 0.161. The van der Waals surface area contributed by atoms with E-state index in [0.717, 1.165) is 32.7 Å². The maximum atomic E-state index is 13.3. The lowest BCUT2D eigenvalue weighted by atomic mass is 9.78. The maximum Gasteiger partial charge on any atom is 0.320 e. The first kappa shape index (κ1) is 15.9. The predicted molar refractivity (Wildman–Crippen MR) is 95.9 cm³/mol. The fraction of sp³-hybridized carbons (Fsp3) is 0.650. The van der Waals surface area contributed by atoms with Crippen molar-refractivity contribution in [1.82, 2.24) is 15.1 Å². The van der Waals surface area contributed by atoms with E-state index in [1.165, 1.54) is 44.1 Å². The molecule has 1 atom stereocenters. The number of urea groups is 1. The monoisotopic (exact) mass is 327 g/mol. The molecule has 4 rings (SSSR count). The van der Waals surface area contributed by atoms with Crippen molar-refractivity contribution < 1.29 is 4.79 Å². The van der Waals surface area contributed by atoms with Crippen molar-refractivity contribution in [3.05, 3.63) is 35.9 Å². The first-order valence-corrected chi connectivity index (χ1v) is 9.59. The highest BCUT2D eigenvalue weighted by atomic mass is 16.2. The Bertz CT molecular complexity index is 568. The third-order valence-corrected chi connectivity index (χ3v) is 6.27. The number of carbonyl (C=O) groups is 1. The molecule has 3 aliphatic rings. The molecule has 1 aliphatic carbocycles. The van der Waals surface area contributed by atoms with E-state index in [-0.39, 0.29) is 12.1 Å². The summed E-state index contributed by atoms with van der Waals surface area (Å²) >= 11 is 0. The summed E-state index contributed by atoms with van der Waals surface area (Å²) in [5.74, 6) is 0. The Morgan fingerprint density at radius 1 is 1.04 bits per heavy atom. The Balaban J connectivity index is 1.51. The number of hydrogen-bond acceptors (Lipinski definition) is 2. The summed E-state index contributed by atoms with van der Waals surface area (Å²) in [4.78, 5) is 17.6. The Kier molecular flexibility index (Phi) is 4.49. The number of hydrogen-bond donors (Lipinski definition) is 1. The minimum absolute atomic E-state index is 0.161. The van der Waals surface area contributed by atoms with E-state index >= 15 is 0 Å². The molecular formula is C20H29N3O. The Morgan fingerprint density at radius 3 is 2.58 bits per heavy atom. The number of likely N-dealkylation sites (tertiary alicyclic amines) is 1. The van der Waals surface area contributed by atoms with Gasteiger partial charge in [0.15, 0.2) is 0 Å². The first-order valence-electron chi connectivity index (χ1n) is 9.59. The quantitative estimate of drug-likeness (QED) is 0.858. The van der Waals surface area contributed by atoms with Crippen molar-refractivity contribution in [2.24, 2.45) is 5.41 Å². The normalized spacial score (nSPS) is 26.8. The van der Waals surface area contributed by atoms with Crippen LogP contribution in [0.25, 0.3) is 0 Å². The number of carbonyl (C=O) groups excluding carboxylic acids is 1. The van der Waals surface area contributed by atoms with Gasteiger partial charge in [-0.2, -0.15) is 0 Å². The van der Waals surface area contributed by atoms with Gasteiger partial charge in [0.2, 0.25) is 0 Å². The van der Waals surface area contributed by atoms with Crippen LogP contribution in [0.2, 0.25) is 0 Å². The molecule has 1 N–H and O–H groups in total. The van der Waals surface area contributed by atoms with Crippen molar-refractivity contribution in [3.8, 4) is 0 Å². The van der Waals surface area contributed by atoms with Gasteiger partial charge < -0.3 is 15.1 Å². The van der Waals surface area contributed by atoms with Crippen LogP contribution >= 0.6 is 0 Å². The second-order valence-corrected chi connectivity index (χ2v) is 7.84. The topological polar surface area (TPSA) is 35.6 Å². The molecule has 24 heavy (non-hydrogen) atoms. The lowest BCUT2D eigenvalue weighted by Crippen LogP contribution is -2.56. The number of rotatable bonds is 1. The molecule has 3 fully saturated rings. The zero-order valence-electron chi connectivity index (χ0n) is 14.5. The summed E-state index contributed by atoms with van der Waals surface area (Å²) in [5, 5.41) is 3.46. The molecule has 1 aromatic carbocycles. The summed E-state index contributed by atoms with van der Waals surface area (Å²) in [6, 6.07) is 10.9. The molecule has 2 heterocycles. The lowest BCUT2D eigenvalue weighted by Gasteiger charge is -2.45. The molecule has 1 aromatic rings. The Labute approximate surface area is 145 Å². The standard InChI is InChI=1S/C20H29N3O/c24-19(22-13-6-11-20(16-22)9-4-5-10-20)23-14-12-21-15-18(23)17-7-2-1-3-8-17/h1-3,7-8,18,21H,4-6,9-16H2. The molecule has 0 bridgehead atoms. The van der Waals surface area contributed by atoms with Crippen LogP contribution in [-0.2, 0) is 0 Å². The van der Waals surface area contributed by atoms with E-state index in [1.807, 2.05) is 6.07 Å². The highest BCUT2D eigenvalue weighted by Crippen LogP contribution is 2.45. The zero-order chi connectivity index (χ0) is 16.4. The average molecular weight is 327 g/mol. The fourth-order valence-electron chi connectivity index (χ4n) is 4.99. The zero-order valence-corrected chi connectivity index (χ0v) is 14.5. The van der Waals surface area contributed by atoms with Crippen molar-refractivity contribution in [1.29, 1.82) is 0 Å². The second-order valence-electron chi connectivity index (χ2n) is 7.84. The van der Waals surface area contributed by atoms with Gasteiger partial charge in [-0.25, -0.2) is 4.79 Å². The van der Waals surface area contributed by atoms with Gasteiger partial charge in [-0.3, -0.25) is 0 Å². The average Bonchev–Trinajstić information content (AvgIpc) is 3.09. The van der Waals surface area contributed by atoms with Gasteiger partial charge in [-0.15, -0.1) is 0 Å². The minimum Gasteiger partial charge on any atom is -0.324 e. The number of nitrogens with zero attached hydrogens (tertiary/aromatic N) is 2. The van der Waals surface area contributed by atoms with Gasteiger partial charge in [0, 0.05) is 32.7 Å². The predicted octanol–water partition coefficient (Wildman–Crippen LogP) is 3.41. The summed E-state index contributed by atoms with van der Waals surface area (Å²) < 4.78 is 0. The first-order chi connectivity index (χ1) is 11.8. The molecule has 0 radical (unpaired) electrons. The maximum absolute atomic E-state index is 13.3. The molecule has 1 saturated carbocycles. The van der Waals surface area contributed by atoms with E-state index in [9.17, 15) is 4.79 Å². The van der Waals surface area contributed by atoms with Crippen molar-refractivity contribution >= 4 is 6.03 Å². The molecular weight excluding hydrogens is 298 g/mol. The van der Waals surface area contributed by atoms with E-state index in [0.29, 0.717) is 5.41 Å². The number of nitrogens with one attached hydrogen (secondary N) is 1. The van der Waals surface area contributed by atoms with Crippen molar-refractivity contribution in [3.63, 3.8) is 0 Å². The van der Waals surface area contributed by atoms with E-state index in [2.05, 4.69) is 39.4 Å². The Hall–Kier alpha value is -1.55. The van der Waals surface area contributed by atoms with Crippen LogP contribution in [0.4, 0.5) is 4.79 Å². The van der Waals surface area contributed by atoms with Crippen LogP contribution in [-0.4, -0.2) is 48.6 Å². The second kappa shape index (κ2) is 6.75. The third-order valence-electron chi connectivity index (χ3n) is 6.27. The molecule has 2 amide bonds. The summed E-state index contributed by atoms with van der Waals surface area (Å²) in [6.07, 6.45) is 7.83. The summed E-state index contributed by atoms with van der Waals surface area (Å²) in [6.45, 7) is 4.48. The highest BCUT2D eigenvalue weighted by Gasteiger charge is 2.41. The van der Waals surface area contributed by atoms with Gasteiger partial charge in [-0.05, 0) is 36.7 Å². The van der Waals surface area contributed by atoms with Crippen molar-refractivity contribution in [2.75, 3.05) is 32.7 Å². The van der Waals surface area contributed by atoms with Gasteiger partial charge in [0.05, 0.1) is 6.04 Å². The molecule has 4 nitrogen and oxygen atoms in total. The molecule has 130 valence electrons. The highest BCUT2D eigenvalue weighted by molar-refractivity contribution is 5.75. The molecule has 2 aliphatic heterocycles. The molecule has 2 saturated heterocycles. The van der Waals surface area contributed by atoms with Gasteiger partial charge in [0.25, 0.3) is 0 Å². The number of piperazine rings is 1. The summed E-state index contributed by atoms with van der Waals surface area (Å²) in [5.41, 5.74) is 1.68. The Morgan fingerprint density at radius 2 is 1.79 bits per heavy atom. The fourth-order valence-corrected chi connectivity index (χ4v) is 4.99. The number of amides is 2. The van der Waals surface area contributed by atoms with Crippen LogP contribution in [0.1, 0.15) is 50.1 Å². The summed E-state index contributed by atoms with van der Waals surface area (Å²) in [7, 11) is 0. The van der Waals surface area contributed by atoms with Gasteiger partial charge >= 0.3 is 6.03 Å². The van der Waals surface area contributed by atoms with Gasteiger partial charge in [0.1, 0.15) is 0 Å². The van der Waals surface area contributed by atoms with Crippen LogP contribution < -0.4 is 5.32 Å². The van der Waals surface area contributed by atoms with E-state index in [1.54, 1.807) is 0 Å². The molecule has 1 spiro atoms. The SMILES string of the molecule is O=C(N1CCCC2(CCCC2)C1)N1CCNCC1c1ccccc1. The largest absolute Gasteiger partial charge is 0.324 e. The van der Waals surface area contributed by atoms with Crippen LogP contribution in [0.3, 0.4) is 0 Å². The van der Waals surface area contributed by atoms with Crippen molar-refractivity contribution in [2.45, 2.75) is 44.6 Å². The number of piperidine rings is 1. The lowest BCUT2D eigenvalue weighted by molar-refractivity contribution is 0.0725. The molecule has 0 aromatic heterocycles. The third kappa shape index (κ3) is 3.04. The van der Waals surface area contributed by atoms with E-state index < -0.39 is 0 Å². The van der Waals surface area contributed by atoms with Gasteiger partial charge in [-0.1, -0.05) is 43.2 Å². The van der Waals surface area contributed by atoms with Crippen LogP contribution in [0.5, 0.6) is 0 Å². The number of benzene rings is 1.